The van der Waals surface area contributed by atoms with Crippen LogP contribution >= 0.6 is 0 Å². The van der Waals surface area contributed by atoms with E-state index >= 15 is 0 Å². The molecule has 98 valence electrons. The number of benzene rings is 1. The van der Waals surface area contributed by atoms with Gasteiger partial charge in [0.25, 0.3) is 0 Å². The lowest BCUT2D eigenvalue weighted by Crippen LogP contribution is -2.12. The van der Waals surface area contributed by atoms with Crippen LogP contribution in [0.25, 0.3) is 10.9 Å². The standard InChI is InChI=1S/C16H18N2O/c1-10-6-11(2)16-13(9-18-15(16)7-10)14(17)8-12-4-3-5-19-12/h3-7,9,14,18H,8,17H2,1-2H3. The monoisotopic (exact) mass is 254 g/mol. The second-order valence-corrected chi connectivity index (χ2v) is 5.14. The van der Waals surface area contributed by atoms with Crippen LogP contribution in [0.4, 0.5) is 0 Å². The number of rotatable bonds is 3. The molecule has 0 amide bonds. The smallest absolute Gasteiger partial charge is 0.105 e. The second kappa shape index (κ2) is 4.59. The molecule has 3 N–H and O–H groups in total. The molecular formula is C16H18N2O. The van der Waals surface area contributed by atoms with E-state index in [4.69, 9.17) is 10.2 Å². The topological polar surface area (TPSA) is 54.9 Å². The Labute approximate surface area is 112 Å². The molecule has 0 aliphatic heterocycles. The summed E-state index contributed by atoms with van der Waals surface area (Å²) in [4.78, 5) is 3.32. The molecule has 3 rings (SSSR count). The summed E-state index contributed by atoms with van der Waals surface area (Å²) in [5.41, 5.74) is 11.2. The Morgan fingerprint density at radius 2 is 2.16 bits per heavy atom. The number of nitrogens with two attached hydrogens (primary N) is 1. The third-order valence-corrected chi connectivity index (χ3v) is 3.55. The normalized spacial score (nSPS) is 13.0. The minimum absolute atomic E-state index is 0.0543. The van der Waals surface area contributed by atoms with E-state index in [1.54, 1.807) is 6.26 Å². The largest absolute Gasteiger partial charge is 0.469 e. The maximum Gasteiger partial charge on any atom is 0.105 e. The van der Waals surface area contributed by atoms with Crippen LogP contribution in [0.3, 0.4) is 0 Å². The summed E-state index contributed by atoms with van der Waals surface area (Å²) in [6.45, 7) is 4.24. The van der Waals surface area contributed by atoms with Crippen molar-refractivity contribution >= 4 is 10.9 Å². The number of furan rings is 1. The number of aromatic nitrogens is 1. The lowest BCUT2D eigenvalue weighted by atomic mass is 9.98. The van der Waals surface area contributed by atoms with Crippen molar-refractivity contribution in [2.75, 3.05) is 0 Å². The molecule has 1 unspecified atom stereocenters. The number of hydrogen-bond donors (Lipinski definition) is 2. The summed E-state index contributed by atoms with van der Waals surface area (Å²) in [5, 5.41) is 1.24. The molecule has 19 heavy (non-hydrogen) atoms. The van der Waals surface area contributed by atoms with Crippen molar-refractivity contribution in [3.05, 3.63) is 59.2 Å². The van der Waals surface area contributed by atoms with E-state index in [-0.39, 0.29) is 6.04 Å². The highest BCUT2D eigenvalue weighted by atomic mass is 16.3. The highest BCUT2D eigenvalue weighted by Gasteiger charge is 2.15. The molecule has 0 saturated carbocycles. The maximum atomic E-state index is 6.32. The third kappa shape index (κ3) is 2.17. The van der Waals surface area contributed by atoms with Crippen LogP contribution in [0.5, 0.6) is 0 Å². The fourth-order valence-corrected chi connectivity index (χ4v) is 2.74. The number of aryl methyl sites for hydroxylation is 2. The summed E-state index contributed by atoms with van der Waals surface area (Å²) in [6.07, 6.45) is 4.42. The van der Waals surface area contributed by atoms with E-state index in [1.807, 2.05) is 18.3 Å². The van der Waals surface area contributed by atoms with Crippen LogP contribution in [-0.4, -0.2) is 4.98 Å². The van der Waals surface area contributed by atoms with Crippen LogP contribution in [0.1, 0.15) is 28.5 Å². The minimum atomic E-state index is -0.0543. The Bertz CT molecular complexity index is 695. The molecule has 1 atom stereocenters. The van der Waals surface area contributed by atoms with Gasteiger partial charge in [0, 0.05) is 29.6 Å². The number of H-pyrrole nitrogens is 1. The summed E-state index contributed by atoms with van der Waals surface area (Å²) in [7, 11) is 0. The van der Waals surface area contributed by atoms with E-state index in [0.717, 1.165) is 16.8 Å². The number of fused-ring (bicyclic) bond motifs is 1. The molecule has 0 aliphatic carbocycles. The number of hydrogen-bond acceptors (Lipinski definition) is 2. The Hall–Kier alpha value is -2.00. The van der Waals surface area contributed by atoms with Crippen LogP contribution in [0.2, 0.25) is 0 Å². The van der Waals surface area contributed by atoms with Crippen molar-refractivity contribution in [1.29, 1.82) is 0 Å². The zero-order valence-corrected chi connectivity index (χ0v) is 11.2. The fourth-order valence-electron chi connectivity index (χ4n) is 2.74. The average molecular weight is 254 g/mol. The zero-order chi connectivity index (χ0) is 13.4. The molecule has 0 aliphatic rings. The molecule has 0 spiro atoms. The van der Waals surface area contributed by atoms with Crippen molar-refractivity contribution < 1.29 is 4.42 Å². The number of aromatic amines is 1. The van der Waals surface area contributed by atoms with Gasteiger partial charge in [0.2, 0.25) is 0 Å². The first-order chi connectivity index (χ1) is 9.15. The van der Waals surface area contributed by atoms with Gasteiger partial charge in [-0.25, -0.2) is 0 Å². The zero-order valence-electron chi connectivity index (χ0n) is 11.2. The van der Waals surface area contributed by atoms with E-state index in [0.29, 0.717) is 6.42 Å². The lowest BCUT2D eigenvalue weighted by molar-refractivity contribution is 0.489. The maximum absolute atomic E-state index is 6.32. The predicted molar refractivity (Wildman–Crippen MR) is 77.1 cm³/mol. The van der Waals surface area contributed by atoms with Gasteiger partial charge in [0.1, 0.15) is 5.76 Å². The van der Waals surface area contributed by atoms with Crippen molar-refractivity contribution in [1.82, 2.24) is 4.98 Å². The summed E-state index contributed by atoms with van der Waals surface area (Å²) in [6, 6.07) is 8.16. The SMILES string of the molecule is Cc1cc(C)c2c(C(N)Cc3ccco3)c[nH]c2c1. The Balaban J connectivity index is 2.01. The molecule has 0 saturated heterocycles. The Kier molecular flexibility index (Phi) is 2.91. The highest BCUT2D eigenvalue weighted by molar-refractivity contribution is 5.87. The van der Waals surface area contributed by atoms with Crippen molar-refractivity contribution in [2.24, 2.45) is 5.73 Å². The third-order valence-electron chi connectivity index (χ3n) is 3.55. The number of nitrogens with one attached hydrogen (secondary N) is 1. The average Bonchev–Trinajstić information content (AvgIpc) is 2.97. The summed E-state index contributed by atoms with van der Waals surface area (Å²) in [5.74, 6) is 0.923. The molecule has 0 radical (unpaired) electrons. The van der Waals surface area contributed by atoms with Gasteiger partial charge in [-0.1, -0.05) is 6.07 Å². The Morgan fingerprint density at radius 3 is 2.89 bits per heavy atom. The van der Waals surface area contributed by atoms with Crippen LogP contribution in [0.15, 0.2) is 41.1 Å². The summed E-state index contributed by atoms with van der Waals surface area (Å²) >= 11 is 0. The van der Waals surface area contributed by atoms with Gasteiger partial charge in [-0.3, -0.25) is 0 Å². The van der Waals surface area contributed by atoms with Crippen molar-refractivity contribution in [3.63, 3.8) is 0 Å². The van der Waals surface area contributed by atoms with E-state index in [1.165, 1.54) is 16.5 Å². The van der Waals surface area contributed by atoms with Gasteiger partial charge in [0.15, 0.2) is 0 Å². The van der Waals surface area contributed by atoms with Crippen LogP contribution < -0.4 is 5.73 Å². The quantitative estimate of drug-likeness (QED) is 0.750. The van der Waals surface area contributed by atoms with Crippen LogP contribution in [-0.2, 0) is 6.42 Å². The minimum Gasteiger partial charge on any atom is -0.469 e. The Morgan fingerprint density at radius 1 is 1.32 bits per heavy atom. The van der Waals surface area contributed by atoms with E-state index in [9.17, 15) is 0 Å². The van der Waals surface area contributed by atoms with E-state index < -0.39 is 0 Å². The first kappa shape index (κ1) is 12.1. The van der Waals surface area contributed by atoms with E-state index in [2.05, 4.69) is 31.0 Å². The molecule has 3 aromatic rings. The predicted octanol–water partition coefficient (Wildman–Crippen LogP) is 3.62. The van der Waals surface area contributed by atoms with Gasteiger partial charge >= 0.3 is 0 Å². The van der Waals surface area contributed by atoms with Crippen LogP contribution in [0, 0.1) is 13.8 Å². The van der Waals surface area contributed by atoms with Gasteiger partial charge in [-0.2, -0.15) is 0 Å². The van der Waals surface area contributed by atoms with Gasteiger partial charge in [-0.15, -0.1) is 0 Å². The molecule has 2 aromatic heterocycles. The highest BCUT2D eigenvalue weighted by Crippen LogP contribution is 2.28. The fraction of sp³-hybridized carbons (Fsp3) is 0.250. The van der Waals surface area contributed by atoms with Gasteiger partial charge in [-0.05, 0) is 48.7 Å². The summed E-state index contributed by atoms with van der Waals surface area (Å²) < 4.78 is 5.37. The molecule has 0 fully saturated rings. The molecule has 3 heteroatoms. The first-order valence-electron chi connectivity index (χ1n) is 6.51. The molecule has 1 aromatic carbocycles. The van der Waals surface area contributed by atoms with Gasteiger partial charge in [0.05, 0.1) is 6.26 Å². The molecular weight excluding hydrogens is 236 g/mol. The molecule has 3 nitrogen and oxygen atoms in total. The lowest BCUT2D eigenvalue weighted by Gasteiger charge is -2.10. The molecule has 0 bridgehead atoms. The van der Waals surface area contributed by atoms with Gasteiger partial charge < -0.3 is 15.1 Å². The molecule has 2 heterocycles. The van der Waals surface area contributed by atoms with Crippen molar-refractivity contribution in [2.45, 2.75) is 26.3 Å². The second-order valence-electron chi connectivity index (χ2n) is 5.14. The van der Waals surface area contributed by atoms with Crippen molar-refractivity contribution in [3.8, 4) is 0 Å². The first-order valence-corrected chi connectivity index (χ1v) is 6.51.